The smallest absolute Gasteiger partial charge is 0.119 e. The molecule has 2 unspecified atom stereocenters. The van der Waals surface area contributed by atoms with Gasteiger partial charge in [-0.25, -0.2) is 0 Å². The summed E-state index contributed by atoms with van der Waals surface area (Å²) < 4.78 is 5.50. The van der Waals surface area contributed by atoms with Gasteiger partial charge >= 0.3 is 0 Å². The van der Waals surface area contributed by atoms with Crippen LogP contribution in [0.3, 0.4) is 0 Å². The number of nitrogens with zero attached hydrogens (tertiary/aromatic N) is 1. The molecule has 112 valence electrons. The van der Waals surface area contributed by atoms with Crippen LogP contribution in [0.15, 0.2) is 24.3 Å². The largest absolute Gasteiger partial charge is 0.494 e. The van der Waals surface area contributed by atoms with Crippen LogP contribution in [0, 0.1) is 5.92 Å². The molecule has 20 heavy (non-hydrogen) atoms. The molecular weight excluding hydrogens is 248 g/mol. The number of hydrogen-bond acceptors (Lipinski definition) is 3. The second-order valence-corrected chi connectivity index (χ2v) is 5.86. The van der Waals surface area contributed by atoms with Crippen LogP contribution < -0.4 is 10.1 Å². The minimum Gasteiger partial charge on any atom is -0.494 e. The zero-order valence-electron chi connectivity index (χ0n) is 13.2. The van der Waals surface area contributed by atoms with Gasteiger partial charge in [0.2, 0.25) is 0 Å². The van der Waals surface area contributed by atoms with Crippen LogP contribution in [0.25, 0.3) is 0 Å². The molecule has 0 heterocycles. The fraction of sp³-hybridized carbons (Fsp3) is 0.647. The average molecular weight is 276 g/mol. The molecular formula is C17H28N2O. The highest BCUT2D eigenvalue weighted by Crippen LogP contribution is 2.35. The molecule has 1 fully saturated rings. The predicted octanol–water partition coefficient (Wildman–Crippen LogP) is 3.08. The Morgan fingerprint density at radius 1 is 1.30 bits per heavy atom. The molecule has 1 aromatic rings. The maximum atomic E-state index is 5.50. The summed E-state index contributed by atoms with van der Waals surface area (Å²) in [6.45, 7) is 6.12. The van der Waals surface area contributed by atoms with E-state index in [0.717, 1.165) is 24.8 Å². The second kappa shape index (κ2) is 7.09. The van der Waals surface area contributed by atoms with E-state index in [1.807, 2.05) is 14.0 Å². The molecule has 1 saturated carbocycles. The summed E-state index contributed by atoms with van der Waals surface area (Å²) in [5.41, 5.74) is 1.32. The molecule has 0 aliphatic heterocycles. The van der Waals surface area contributed by atoms with E-state index in [1.165, 1.54) is 18.4 Å². The molecule has 0 amide bonds. The molecule has 0 aromatic heterocycles. The van der Waals surface area contributed by atoms with E-state index < -0.39 is 0 Å². The first-order valence-corrected chi connectivity index (χ1v) is 7.76. The molecule has 0 bridgehead atoms. The molecule has 3 heteroatoms. The molecule has 0 spiro atoms. The zero-order chi connectivity index (χ0) is 14.5. The van der Waals surface area contributed by atoms with Crippen molar-refractivity contribution >= 4 is 0 Å². The van der Waals surface area contributed by atoms with E-state index in [2.05, 4.69) is 48.5 Å². The summed E-state index contributed by atoms with van der Waals surface area (Å²) in [5.74, 6) is 1.86. The van der Waals surface area contributed by atoms with Crippen LogP contribution >= 0.6 is 0 Å². The van der Waals surface area contributed by atoms with Crippen molar-refractivity contribution in [2.45, 2.75) is 38.8 Å². The Morgan fingerprint density at radius 3 is 2.45 bits per heavy atom. The van der Waals surface area contributed by atoms with Gasteiger partial charge in [0.15, 0.2) is 0 Å². The fourth-order valence-electron chi connectivity index (χ4n) is 2.72. The number of hydrogen-bond donors (Lipinski definition) is 1. The first kappa shape index (κ1) is 15.3. The molecule has 1 aromatic carbocycles. The molecule has 1 N–H and O–H groups in total. The third-order valence-electron chi connectivity index (χ3n) is 4.41. The van der Waals surface area contributed by atoms with Gasteiger partial charge in [-0.3, -0.25) is 0 Å². The van der Waals surface area contributed by atoms with Gasteiger partial charge in [0, 0.05) is 18.6 Å². The monoisotopic (exact) mass is 276 g/mol. The van der Waals surface area contributed by atoms with Crippen molar-refractivity contribution in [1.82, 2.24) is 10.2 Å². The summed E-state index contributed by atoms with van der Waals surface area (Å²) in [6, 6.07) is 9.52. The van der Waals surface area contributed by atoms with Gasteiger partial charge in [0.1, 0.15) is 5.75 Å². The average Bonchev–Trinajstić information content (AvgIpc) is 3.29. The van der Waals surface area contributed by atoms with Crippen molar-refractivity contribution in [2.75, 3.05) is 27.2 Å². The first-order valence-electron chi connectivity index (χ1n) is 7.76. The number of rotatable bonds is 8. The summed E-state index contributed by atoms with van der Waals surface area (Å²) in [5, 5.41) is 3.43. The number of nitrogens with one attached hydrogen (secondary N) is 1. The fourth-order valence-corrected chi connectivity index (χ4v) is 2.72. The highest BCUT2D eigenvalue weighted by Gasteiger charge is 2.31. The highest BCUT2D eigenvalue weighted by atomic mass is 16.5. The van der Waals surface area contributed by atoms with Crippen molar-refractivity contribution in [3.8, 4) is 5.75 Å². The second-order valence-electron chi connectivity index (χ2n) is 5.86. The van der Waals surface area contributed by atoms with Crippen LogP contribution in [0.2, 0.25) is 0 Å². The predicted molar refractivity (Wildman–Crippen MR) is 84.2 cm³/mol. The van der Waals surface area contributed by atoms with E-state index in [9.17, 15) is 0 Å². The Bertz CT molecular complexity index is 400. The van der Waals surface area contributed by atoms with Crippen molar-refractivity contribution in [2.24, 2.45) is 5.92 Å². The Kier molecular flexibility index (Phi) is 5.44. The third kappa shape index (κ3) is 3.97. The molecule has 1 aliphatic rings. The highest BCUT2D eigenvalue weighted by molar-refractivity contribution is 5.29. The van der Waals surface area contributed by atoms with Crippen LogP contribution in [0.4, 0.5) is 0 Å². The van der Waals surface area contributed by atoms with Crippen molar-refractivity contribution in [1.29, 1.82) is 0 Å². The van der Waals surface area contributed by atoms with E-state index in [-0.39, 0.29) is 0 Å². The van der Waals surface area contributed by atoms with Gasteiger partial charge in [-0.1, -0.05) is 12.1 Å². The van der Waals surface area contributed by atoms with E-state index >= 15 is 0 Å². The molecule has 2 atom stereocenters. The Labute approximate surface area is 123 Å². The van der Waals surface area contributed by atoms with Gasteiger partial charge in [-0.05, 0) is 64.4 Å². The maximum Gasteiger partial charge on any atom is 0.119 e. The summed E-state index contributed by atoms with van der Waals surface area (Å²) in [4.78, 5) is 2.48. The number of ether oxygens (including phenoxy) is 1. The van der Waals surface area contributed by atoms with Crippen LogP contribution in [0.1, 0.15) is 38.3 Å². The van der Waals surface area contributed by atoms with E-state index in [4.69, 9.17) is 4.74 Å². The minimum absolute atomic E-state index is 0.372. The molecule has 0 radical (unpaired) electrons. The Balaban J connectivity index is 1.95. The lowest BCUT2D eigenvalue weighted by molar-refractivity contribution is 0.213. The standard InChI is InChI=1S/C17H28N2O/c1-5-20-16-10-8-15(9-11-16)17(18-3)12-19(4)13(2)14-6-7-14/h8-11,13-14,17-18H,5-7,12H2,1-4H3. The number of likely N-dealkylation sites (N-methyl/N-ethyl adjacent to an activating group) is 2. The van der Waals surface area contributed by atoms with Crippen LogP contribution in [-0.4, -0.2) is 38.2 Å². The third-order valence-corrected chi connectivity index (χ3v) is 4.41. The van der Waals surface area contributed by atoms with Crippen molar-refractivity contribution in [3.63, 3.8) is 0 Å². The van der Waals surface area contributed by atoms with Gasteiger partial charge < -0.3 is 15.0 Å². The van der Waals surface area contributed by atoms with Gasteiger partial charge in [0.05, 0.1) is 6.61 Å². The zero-order valence-corrected chi connectivity index (χ0v) is 13.2. The Hall–Kier alpha value is -1.06. The quantitative estimate of drug-likeness (QED) is 0.789. The van der Waals surface area contributed by atoms with Crippen molar-refractivity contribution in [3.05, 3.63) is 29.8 Å². The van der Waals surface area contributed by atoms with E-state index in [1.54, 1.807) is 0 Å². The van der Waals surface area contributed by atoms with Crippen molar-refractivity contribution < 1.29 is 4.74 Å². The molecule has 2 rings (SSSR count). The molecule has 1 aliphatic carbocycles. The minimum atomic E-state index is 0.372. The topological polar surface area (TPSA) is 24.5 Å². The SMILES string of the molecule is CCOc1ccc(C(CN(C)C(C)C2CC2)NC)cc1. The van der Waals surface area contributed by atoms with Gasteiger partial charge in [-0.15, -0.1) is 0 Å². The summed E-state index contributed by atoms with van der Waals surface area (Å²) in [6.07, 6.45) is 2.80. The lowest BCUT2D eigenvalue weighted by Crippen LogP contribution is -2.37. The van der Waals surface area contributed by atoms with Crippen LogP contribution in [0.5, 0.6) is 5.75 Å². The lowest BCUT2D eigenvalue weighted by Gasteiger charge is -2.29. The lowest BCUT2D eigenvalue weighted by atomic mass is 10.1. The first-order chi connectivity index (χ1) is 9.65. The van der Waals surface area contributed by atoms with Gasteiger partial charge in [0.25, 0.3) is 0 Å². The maximum absolute atomic E-state index is 5.50. The summed E-state index contributed by atoms with van der Waals surface area (Å²) in [7, 11) is 4.28. The van der Waals surface area contributed by atoms with Gasteiger partial charge in [-0.2, -0.15) is 0 Å². The summed E-state index contributed by atoms with van der Waals surface area (Å²) >= 11 is 0. The number of benzene rings is 1. The van der Waals surface area contributed by atoms with E-state index in [0.29, 0.717) is 12.1 Å². The molecule has 0 saturated heterocycles. The molecule has 3 nitrogen and oxygen atoms in total. The normalized spacial score (nSPS) is 18.1. The Morgan fingerprint density at radius 2 is 1.95 bits per heavy atom. The van der Waals surface area contributed by atoms with Crippen LogP contribution in [-0.2, 0) is 0 Å².